The van der Waals surface area contributed by atoms with Gasteiger partial charge in [0.1, 0.15) is 5.75 Å². The molecule has 2 rings (SSSR count). The van der Waals surface area contributed by atoms with Crippen molar-refractivity contribution in [3.63, 3.8) is 0 Å². The van der Waals surface area contributed by atoms with E-state index in [0.717, 1.165) is 24.5 Å². The number of rotatable bonds is 3. The van der Waals surface area contributed by atoms with Crippen molar-refractivity contribution in [2.75, 3.05) is 45.7 Å². The average molecular weight is 278 g/mol. The fourth-order valence-corrected chi connectivity index (χ4v) is 2.35. The molecule has 0 radical (unpaired) electrons. The van der Waals surface area contributed by atoms with Crippen LogP contribution in [0.5, 0.6) is 5.75 Å². The van der Waals surface area contributed by atoms with E-state index < -0.39 is 0 Å². The van der Waals surface area contributed by atoms with E-state index >= 15 is 0 Å². The van der Waals surface area contributed by atoms with E-state index in [4.69, 9.17) is 10.5 Å². The summed E-state index contributed by atoms with van der Waals surface area (Å²) in [6.45, 7) is 2.85. The lowest BCUT2D eigenvalue weighted by atomic mass is 10.2. The SMILES string of the molecule is COc1ccc(NC(=O)N2CCN(C)CC2CN)cc1. The zero-order valence-electron chi connectivity index (χ0n) is 12.0. The first-order chi connectivity index (χ1) is 9.63. The van der Waals surface area contributed by atoms with E-state index in [1.165, 1.54) is 0 Å². The predicted octanol–water partition coefficient (Wildman–Crippen LogP) is 0.802. The van der Waals surface area contributed by atoms with Gasteiger partial charge in [-0.25, -0.2) is 4.79 Å². The van der Waals surface area contributed by atoms with Gasteiger partial charge in [0.05, 0.1) is 13.2 Å². The molecule has 1 fully saturated rings. The zero-order valence-corrected chi connectivity index (χ0v) is 12.0. The molecule has 1 atom stereocenters. The van der Waals surface area contributed by atoms with Gasteiger partial charge in [-0.2, -0.15) is 0 Å². The lowest BCUT2D eigenvalue weighted by Gasteiger charge is -2.39. The number of benzene rings is 1. The number of carbonyl (C=O) groups excluding carboxylic acids is 1. The maximum atomic E-state index is 12.3. The van der Waals surface area contributed by atoms with Crippen LogP contribution in [0.1, 0.15) is 0 Å². The van der Waals surface area contributed by atoms with Gasteiger partial charge in [0.15, 0.2) is 0 Å². The lowest BCUT2D eigenvalue weighted by molar-refractivity contribution is 0.120. The van der Waals surface area contributed by atoms with Crippen molar-refractivity contribution >= 4 is 11.7 Å². The zero-order chi connectivity index (χ0) is 14.5. The topological polar surface area (TPSA) is 70.8 Å². The molecule has 110 valence electrons. The third-order valence-corrected chi connectivity index (χ3v) is 3.56. The van der Waals surface area contributed by atoms with Crippen LogP contribution in [-0.4, -0.2) is 62.2 Å². The number of carbonyl (C=O) groups is 1. The Morgan fingerprint density at radius 2 is 2.10 bits per heavy atom. The number of hydrogen-bond donors (Lipinski definition) is 2. The maximum Gasteiger partial charge on any atom is 0.322 e. The van der Waals surface area contributed by atoms with Crippen molar-refractivity contribution in [2.45, 2.75) is 6.04 Å². The summed E-state index contributed by atoms with van der Waals surface area (Å²) in [7, 11) is 3.66. The molecule has 0 spiro atoms. The van der Waals surface area contributed by atoms with E-state index in [-0.39, 0.29) is 12.1 Å². The molecule has 1 saturated heterocycles. The van der Waals surface area contributed by atoms with Gasteiger partial charge in [-0.05, 0) is 31.3 Å². The highest BCUT2D eigenvalue weighted by Gasteiger charge is 2.27. The molecule has 1 aliphatic heterocycles. The lowest BCUT2D eigenvalue weighted by Crippen LogP contribution is -2.57. The Hall–Kier alpha value is -1.79. The van der Waals surface area contributed by atoms with Crippen molar-refractivity contribution in [2.24, 2.45) is 5.73 Å². The van der Waals surface area contributed by atoms with Crippen LogP contribution in [0.25, 0.3) is 0 Å². The summed E-state index contributed by atoms with van der Waals surface area (Å²) in [5.41, 5.74) is 6.52. The summed E-state index contributed by atoms with van der Waals surface area (Å²) in [5.74, 6) is 0.766. The minimum absolute atomic E-state index is 0.0620. The molecule has 1 heterocycles. The Balaban J connectivity index is 1.99. The molecule has 20 heavy (non-hydrogen) atoms. The third kappa shape index (κ3) is 3.40. The molecule has 1 aliphatic rings. The number of methoxy groups -OCH3 is 1. The standard InChI is InChI=1S/C14H22N4O2/c1-17-7-8-18(12(9-15)10-17)14(19)16-11-3-5-13(20-2)6-4-11/h3-6,12H,7-10,15H2,1-2H3,(H,16,19). The second-order valence-electron chi connectivity index (χ2n) is 5.00. The summed E-state index contributed by atoms with van der Waals surface area (Å²) in [6.07, 6.45) is 0. The van der Waals surface area contributed by atoms with Crippen molar-refractivity contribution in [1.29, 1.82) is 0 Å². The number of nitrogens with one attached hydrogen (secondary N) is 1. The van der Waals surface area contributed by atoms with Crippen LogP contribution in [0.4, 0.5) is 10.5 Å². The summed E-state index contributed by atoms with van der Waals surface area (Å²) in [4.78, 5) is 16.3. The highest BCUT2D eigenvalue weighted by atomic mass is 16.5. The Bertz CT molecular complexity index is 449. The second-order valence-corrected chi connectivity index (χ2v) is 5.00. The number of urea groups is 1. The van der Waals surface area contributed by atoms with Crippen LogP contribution in [0.3, 0.4) is 0 Å². The van der Waals surface area contributed by atoms with E-state index in [1.54, 1.807) is 7.11 Å². The van der Waals surface area contributed by atoms with Crippen LogP contribution in [0.15, 0.2) is 24.3 Å². The molecule has 6 heteroatoms. The molecular weight excluding hydrogens is 256 g/mol. The number of hydrogen-bond acceptors (Lipinski definition) is 4. The Kier molecular flexibility index (Phi) is 4.81. The predicted molar refractivity (Wildman–Crippen MR) is 79.1 cm³/mol. The molecule has 0 saturated carbocycles. The Morgan fingerprint density at radius 3 is 2.70 bits per heavy atom. The average Bonchev–Trinajstić information content (AvgIpc) is 2.47. The molecule has 1 aromatic rings. The Labute approximate surface area is 119 Å². The van der Waals surface area contributed by atoms with Gasteiger partial charge in [-0.3, -0.25) is 0 Å². The third-order valence-electron chi connectivity index (χ3n) is 3.56. The number of amides is 2. The van der Waals surface area contributed by atoms with Gasteiger partial charge in [-0.15, -0.1) is 0 Å². The summed E-state index contributed by atoms with van der Waals surface area (Å²) < 4.78 is 5.09. The first-order valence-corrected chi connectivity index (χ1v) is 6.74. The molecule has 0 aromatic heterocycles. The minimum Gasteiger partial charge on any atom is -0.497 e. The fraction of sp³-hybridized carbons (Fsp3) is 0.500. The van der Waals surface area contributed by atoms with Gasteiger partial charge in [0, 0.05) is 31.9 Å². The normalized spacial score (nSPS) is 19.8. The number of ether oxygens (including phenoxy) is 1. The number of piperazine rings is 1. The van der Waals surface area contributed by atoms with E-state index in [1.807, 2.05) is 36.2 Å². The molecule has 6 nitrogen and oxygen atoms in total. The van der Waals surface area contributed by atoms with E-state index in [0.29, 0.717) is 13.1 Å². The molecule has 0 aliphatic carbocycles. The maximum absolute atomic E-state index is 12.3. The van der Waals surface area contributed by atoms with Gasteiger partial charge >= 0.3 is 6.03 Å². The van der Waals surface area contributed by atoms with Crippen LogP contribution < -0.4 is 15.8 Å². The van der Waals surface area contributed by atoms with Crippen molar-refractivity contribution in [3.05, 3.63) is 24.3 Å². The number of anilines is 1. The first-order valence-electron chi connectivity index (χ1n) is 6.74. The quantitative estimate of drug-likeness (QED) is 0.858. The Morgan fingerprint density at radius 1 is 1.40 bits per heavy atom. The summed E-state index contributed by atoms with van der Waals surface area (Å²) in [6, 6.07) is 7.25. The van der Waals surface area contributed by atoms with Crippen LogP contribution in [0.2, 0.25) is 0 Å². The fourth-order valence-electron chi connectivity index (χ4n) is 2.35. The largest absolute Gasteiger partial charge is 0.497 e. The van der Waals surface area contributed by atoms with Gasteiger partial charge < -0.3 is 25.6 Å². The molecule has 2 amide bonds. The number of nitrogens with two attached hydrogens (primary N) is 1. The van der Waals surface area contributed by atoms with Crippen molar-refractivity contribution < 1.29 is 9.53 Å². The van der Waals surface area contributed by atoms with E-state index in [9.17, 15) is 4.79 Å². The van der Waals surface area contributed by atoms with Crippen molar-refractivity contribution in [3.8, 4) is 5.75 Å². The first kappa shape index (κ1) is 14.6. The molecule has 1 unspecified atom stereocenters. The number of nitrogens with zero attached hydrogens (tertiary/aromatic N) is 2. The molecule has 0 bridgehead atoms. The molecule has 3 N–H and O–H groups in total. The minimum atomic E-state index is -0.0984. The molecule has 1 aromatic carbocycles. The number of likely N-dealkylation sites (N-methyl/N-ethyl adjacent to an activating group) is 1. The van der Waals surface area contributed by atoms with Crippen LogP contribution in [0, 0.1) is 0 Å². The van der Waals surface area contributed by atoms with E-state index in [2.05, 4.69) is 10.2 Å². The van der Waals surface area contributed by atoms with Gasteiger partial charge in [0.2, 0.25) is 0 Å². The smallest absolute Gasteiger partial charge is 0.322 e. The van der Waals surface area contributed by atoms with Crippen LogP contribution in [-0.2, 0) is 0 Å². The van der Waals surface area contributed by atoms with Gasteiger partial charge in [-0.1, -0.05) is 0 Å². The van der Waals surface area contributed by atoms with Gasteiger partial charge in [0.25, 0.3) is 0 Å². The van der Waals surface area contributed by atoms with Crippen molar-refractivity contribution in [1.82, 2.24) is 9.80 Å². The van der Waals surface area contributed by atoms with Crippen LogP contribution >= 0.6 is 0 Å². The molecular formula is C14H22N4O2. The second kappa shape index (κ2) is 6.58. The summed E-state index contributed by atoms with van der Waals surface area (Å²) >= 11 is 0. The monoisotopic (exact) mass is 278 g/mol. The highest BCUT2D eigenvalue weighted by Crippen LogP contribution is 2.16. The highest BCUT2D eigenvalue weighted by molar-refractivity contribution is 5.89. The summed E-state index contributed by atoms with van der Waals surface area (Å²) in [5, 5.41) is 2.90.